The Labute approximate surface area is 73.9 Å². The van der Waals surface area contributed by atoms with Crippen molar-refractivity contribution in [3.05, 3.63) is 0 Å². The molecule has 1 spiro atoms. The van der Waals surface area contributed by atoms with Crippen molar-refractivity contribution < 1.29 is 9.84 Å². The normalized spacial score (nSPS) is 47.5. The van der Waals surface area contributed by atoms with E-state index in [1.807, 2.05) is 0 Å². The van der Waals surface area contributed by atoms with E-state index in [1.54, 1.807) is 0 Å². The van der Waals surface area contributed by atoms with E-state index in [1.165, 1.54) is 25.7 Å². The molecule has 70 valence electrons. The van der Waals surface area contributed by atoms with Crippen LogP contribution in [-0.2, 0) is 4.74 Å². The Morgan fingerprint density at radius 1 is 1.42 bits per heavy atom. The maximum atomic E-state index is 8.97. The average Bonchev–Trinajstić information content (AvgIpc) is 2.63. The zero-order valence-corrected chi connectivity index (χ0v) is 7.75. The number of hydrogen-bond acceptors (Lipinski definition) is 2. The van der Waals surface area contributed by atoms with Gasteiger partial charge in [-0.15, -0.1) is 0 Å². The van der Waals surface area contributed by atoms with E-state index in [2.05, 4.69) is 6.92 Å². The van der Waals surface area contributed by atoms with Crippen LogP contribution in [0, 0.1) is 5.92 Å². The lowest BCUT2D eigenvalue weighted by atomic mass is 9.89. The zero-order valence-electron chi connectivity index (χ0n) is 7.75. The molecule has 12 heavy (non-hydrogen) atoms. The highest BCUT2D eigenvalue weighted by Gasteiger charge is 2.46. The minimum absolute atomic E-state index is 0.130. The fraction of sp³-hybridized carbons (Fsp3) is 1.00. The van der Waals surface area contributed by atoms with Crippen LogP contribution in [0.5, 0.6) is 0 Å². The fourth-order valence-corrected chi connectivity index (χ4v) is 2.75. The van der Waals surface area contributed by atoms with Crippen molar-refractivity contribution in [2.75, 3.05) is 6.61 Å². The Balaban J connectivity index is 2.04. The van der Waals surface area contributed by atoms with Crippen molar-refractivity contribution in [3.63, 3.8) is 0 Å². The number of aliphatic hydroxyl groups is 1. The van der Waals surface area contributed by atoms with E-state index in [0.29, 0.717) is 5.92 Å². The van der Waals surface area contributed by atoms with Crippen molar-refractivity contribution in [1.29, 1.82) is 0 Å². The van der Waals surface area contributed by atoms with Crippen molar-refractivity contribution in [3.8, 4) is 0 Å². The summed E-state index contributed by atoms with van der Waals surface area (Å²) in [6, 6.07) is 0. The minimum atomic E-state index is 0.130. The monoisotopic (exact) mass is 170 g/mol. The summed E-state index contributed by atoms with van der Waals surface area (Å²) in [5, 5.41) is 8.97. The second kappa shape index (κ2) is 3.00. The Bertz CT molecular complexity index is 169. The van der Waals surface area contributed by atoms with E-state index in [0.717, 1.165) is 6.42 Å². The van der Waals surface area contributed by atoms with Gasteiger partial charge < -0.3 is 9.84 Å². The highest BCUT2D eigenvalue weighted by Crippen LogP contribution is 2.46. The number of hydrogen-bond donors (Lipinski definition) is 1. The van der Waals surface area contributed by atoms with Gasteiger partial charge in [-0.1, -0.05) is 13.3 Å². The zero-order chi connectivity index (χ0) is 8.60. The van der Waals surface area contributed by atoms with Gasteiger partial charge in [0.15, 0.2) is 0 Å². The van der Waals surface area contributed by atoms with Gasteiger partial charge in [-0.25, -0.2) is 0 Å². The molecular formula is C10H18O2. The van der Waals surface area contributed by atoms with E-state index in [4.69, 9.17) is 9.84 Å². The molecule has 1 aliphatic heterocycles. The quantitative estimate of drug-likeness (QED) is 0.649. The molecule has 2 rings (SSSR count). The molecule has 2 nitrogen and oxygen atoms in total. The van der Waals surface area contributed by atoms with Gasteiger partial charge in [0.05, 0.1) is 18.3 Å². The standard InChI is InChI=1S/C10H18O2/c1-8-3-2-5-10(8)6-4-9(7-11)12-10/h8-9,11H,2-7H2,1H3/t8-,9-,10+/m1/s1. The van der Waals surface area contributed by atoms with Crippen LogP contribution in [0.25, 0.3) is 0 Å². The van der Waals surface area contributed by atoms with Crippen LogP contribution in [0.2, 0.25) is 0 Å². The van der Waals surface area contributed by atoms with Gasteiger partial charge in [-0.2, -0.15) is 0 Å². The molecule has 1 N–H and O–H groups in total. The lowest BCUT2D eigenvalue weighted by Crippen LogP contribution is -2.32. The lowest BCUT2D eigenvalue weighted by molar-refractivity contribution is -0.0764. The maximum absolute atomic E-state index is 8.97. The molecule has 0 aromatic heterocycles. The lowest BCUT2D eigenvalue weighted by Gasteiger charge is -2.28. The third-order valence-electron chi connectivity index (χ3n) is 3.63. The summed E-state index contributed by atoms with van der Waals surface area (Å²) in [6.07, 6.45) is 6.17. The van der Waals surface area contributed by atoms with E-state index in [-0.39, 0.29) is 18.3 Å². The molecular weight excluding hydrogens is 152 g/mol. The molecule has 0 bridgehead atoms. The van der Waals surface area contributed by atoms with Gasteiger partial charge in [0.2, 0.25) is 0 Å². The first-order valence-corrected chi connectivity index (χ1v) is 5.05. The molecule has 0 radical (unpaired) electrons. The Morgan fingerprint density at radius 3 is 2.75 bits per heavy atom. The van der Waals surface area contributed by atoms with E-state index >= 15 is 0 Å². The van der Waals surface area contributed by atoms with Crippen LogP contribution in [0.1, 0.15) is 39.0 Å². The molecule has 1 aliphatic carbocycles. The van der Waals surface area contributed by atoms with E-state index in [9.17, 15) is 0 Å². The van der Waals surface area contributed by atoms with Crippen LogP contribution >= 0.6 is 0 Å². The summed E-state index contributed by atoms with van der Waals surface area (Å²) in [5.74, 6) is 0.703. The average molecular weight is 170 g/mol. The Morgan fingerprint density at radius 2 is 2.25 bits per heavy atom. The van der Waals surface area contributed by atoms with Crippen molar-refractivity contribution in [1.82, 2.24) is 0 Å². The van der Waals surface area contributed by atoms with Crippen LogP contribution in [0.4, 0.5) is 0 Å². The molecule has 3 atom stereocenters. The second-order valence-corrected chi connectivity index (χ2v) is 4.32. The van der Waals surface area contributed by atoms with Crippen molar-refractivity contribution >= 4 is 0 Å². The summed E-state index contributed by atoms with van der Waals surface area (Å²) in [7, 11) is 0. The minimum Gasteiger partial charge on any atom is -0.394 e. The first kappa shape index (κ1) is 8.52. The first-order chi connectivity index (χ1) is 5.77. The third kappa shape index (κ3) is 1.17. The third-order valence-corrected chi connectivity index (χ3v) is 3.63. The predicted octanol–water partition coefficient (Wildman–Crippen LogP) is 1.72. The summed E-state index contributed by atoms with van der Waals surface area (Å²) < 4.78 is 5.92. The number of ether oxygens (including phenoxy) is 1. The summed E-state index contributed by atoms with van der Waals surface area (Å²) in [6.45, 7) is 2.49. The molecule has 2 heteroatoms. The molecule has 1 heterocycles. The van der Waals surface area contributed by atoms with Gasteiger partial charge >= 0.3 is 0 Å². The second-order valence-electron chi connectivity index (χ2n) is 4.32. The molecule has 2 fully saturated rings. The Hall–Kier alpha value is -0.0800. The Kier molecular flexibility index (Phi) is 2.13. The summed E-state index contributed by atoms with van der Waals surface area (Å²) in [5.41, 5.74) is 0.160. The molecule has 1 saturated heterocycles. The largest absolute Gasteiger partial charge is 0.394 e. The molecule has 2 aliphatic rings. The van der Waals surface area contributed by atoms with Crippen LogP contribution in [0.15, 0.2) is 0 Å². The highest BCUT2D eigenvalue weighted by atomic mass is 16.5. The molecule has 1 saturated carbocycles. The maximum Gasteiger partial charge on any atom is 0.0814 e. The van der Waals surface area contributed by atoms with Crippen LogP contribution < -0.4 is 0 Å². The first-order valence-electron chi connectivity index (χ1n) is 5.05. The summed E-state index contributed by atoms with van der Waals surface area (Å²) >= 11 is 0. The highest BCUT2D eigenvalue weighted by molar-refractivity contribution is 4.96. The predicted molar refractivity (Wildman–Crippen MR) is 46.9 cm³/mol. The smallest absolute Gasteiger partial charge is 0.0814 e. The van der Waals surface area contributed by atoms with Crippen LogP contribution in [-0.4, -0.2) is 23.4 Å². The molecule has 0 aromatic rings. The van der Waals surface area contributed by atoms with Crippen LogP contribution in [0.3, 0.4) is 0 Å². The van der Waals surface area contributed by atoms with Gasteiger partial charge in [-0.05, 0) is 31.6 Å². The van der Waals surface area contributed by atoms with Crippen molar-refractivity contribution in [2.45, 2.75) is 50.7 Å². The van der Waals surface area contributed by atoms with Crippen molar-refractivity contribution in [2.24, 2.45) is 5.92 Å². The van der Waals surface area contributed by atoms with Gasteiger partial charge in [-0.3, -0.25) is 0 Å². The van der Waals surface area contributed by atoms with Gasteiger partial charge in [0.25, 0.3) is 0 Å². The van der Waals surface area contributed by atoms with Gasteiger partial charge in [0.1, 0.15) is 0 Å². The molecule has 0 unspecified atom stereocenters. The van der Waals surface area contributed by atoms with Gasteiger partial charge in [0, 0.05) is 0 Å². The van der Waals surface area contributed by atoms with E-state index < -0.39 is 0 Å². The summed E-state index contributed by atoms with van der Waals surface area (Å²) in [4.78, 5) is 0. The number of aliphatic hydroxyl groups excluding tert-OH is 1. The number of rotatable bonds is 1. The SMILES string of the molecule is C[C@@H]1CCC[C@]12CC[C@H](CO)O2. The fourth-order valence-electron chi connectivity index (χ4n) is 2.75. The molecule has 0 aromatic carbocycles. The molecule has 0 amide bonds. The topological polar surface area (TPSA) is 29.5 Å².